The van der Waals surface area contributed by atoms with E-state index < -0.39 is 20.0 Å². The van der Waals surface area contributed by atoms with Crippen molar-refractivity contribution in [3.8, 4) is 0 Å². The summed E-state index contributed by atoms with van der Waals surface area (Å²) < 4.78 is 46.2. The average molecular weight is 475 g/mol. The quantitative estimate of drug-likeness (QED) is 0.691. The van der Waals surface area contributed by atoms with Gasteiger partial charge in [-0.3, -0.25) is 0 Å². The predicted octanol–water partition coefficient (Wildman–Crippen LogP) is 2.79. The normalized spacial score (nSPS) is 27.0. The molecular weight excluding hydrogens is 448 g/mol. The minimum atomic E-state index is -4.18. The second kappa shape index (κ2) is 7.76. The number of pyridine rings is 1. The molecule has 4 heterocycles. The van der Waals surface area contributed by atoms with Crippen LogP contribution in [-0.4, -0.2) is 72.4 Å². The number of anilines is 1. The Hall–Kier alpha value is -1.28. The van der Waals surface area contributed by atoms with Gasteiger partial charge in [0.25, 0.3) is 0 Å². The van der Waals surface area contributed by atoms with Crippen LogP contribution < -0.4 is 9.78 Å². The van der Waals surface area contributed by atoms with E-state index in [4.69, 9.17) is 4.74 Å². The van der Waals surface area contributed by atoms with E-state index in [0.717, 1.165) is 45.0 Å². The van der Waals surface area contributed by atoms with E-state index in [2.05, 4.69) is 15.3 Å². The average Bonchev–Trinajstić information content (AvgIpc) is 3.25. The zero-order valence-electron chi connectivity index (χ0n) is 16.9. The molecule has 2 atom stereocenters. The molecule has 0 spiro atoms. The van der Waals surface area contributed by atoms with Crippen LogP contribution >= 0.6 is 0 Å². The van der Waals surface area contributed by atoms with Gasteiger partial charge in [0.05, 0.1) is 0 Å². The molecule has 5 rings (SSSR count). The molecular formula is C20H27F3N4OSe. The van der Waals surface area contributed by atoms with Crippen LogP contribution in [0.2, 0.25) is 0 Å². The van der Waals surface area contributed by atoms with Crippen LogP contribution in [0.3, 0.4) is 0 Å². The van der Waals surface area contributed by atoms with Gasteiger partial charge in [0.15, 0.2) is 0 Å². The van der Waals surface area contributed by atoms with Crippen molar-refractivity contribution in [2.45, 2.75) is 50.3 Å². The monoisotopic (exact) mass is 476 g/mol. The molecule has 2 aromatic heterocycles. The third kappa shape index (κ3) is 4.02. The Balaban J connectivity index is 0.000000994. The van der Waals surface area contributed by atoms with Crippen LogP contribution in [0.15, 0.2) is 18.2 Å². The number of hydrogen-bond donors (Lipinski definition) is 1. The van der Waals surface area contributed by atoms with Crippen LogP contribution in [0, 0.1) is 12.8 Å². The molecule has 160 valence electrons. The van der Waals surface area contributed by atoms with Crippen molar-refractivity contribution >= 4 is 30.8 Å². The van der Waals surface area contributed by atoms with Crippen LogP contribution in [0.4, 0.5) is 19.0 Å². The van der Waals surface area contributed by atoms with E-state index in [0.29, 0.717) is 27.6 Å². The summed E-state index contributed by atoms with van der Waals surface area (Å²) in [5.41, 5.74) is 1.09. The molecule has 1 saturated carbocycles. The van der Waals surface area contributed by atoms with Crippen molar-refractivity contribution in [2.75, 3.05) is 31.6 Å². The van der Waals surface area contributed by atoms with E-state index in [9.17, 15) is 13.2 Å². The molecule has 0 amide bonds. The SMILES string of the molecule is CC.Cc1nn2c(NC34CCN(C5COC5)CC3C4)cccc2c1[Se]C(F)(F)F. The number of fused-ring (bicyclic) bond motifs is 2. The number of ether oxygens (including phenoxy) is 1. The van der Waals surface area contributed by atoms with Gasteiger partial charge in [0.1, 0.15) is 0 Å². The van der Waals surface area contributed by atoms with Crippen molar-refractivity contribution in [1.82, 2.24) is 14.5 Å². The molecule has 1 N–H and O–H groups in total. The van der Waals surface area contributed by atoms with E-state index >= 15 is 0 Å². The number of halogens is 3. The first kappa shape index (κ1) is 21.0. The van der Waals surface area contributed by atoms with Gasteiger partial charge in [0.2, 0.25) is 0 Å². The van der Waals surface area contributed by atoms with Gasteiger partial charge in [0, 0.05) is 0 Å². The van der Waals surface area contributed by atoms with E-state index in [-0.39, 0.29) is 5.54 Å². The van der Waals surface area contributed by atoms with Gasteiger partial charge in [-0.25, -0.2) is 0 Å². The van der Waals surface area contributed by atoms with Crippen LogP contribution in [0.5, 0.6) is 0 Å². The molecule has 3 aliphatic rings. The fourth-order valence-corrected chi connectivity index (χ4v) is 5.80. The van der Waals surface area contributed by atoms with Crippen molar-refractivity contribution in [3.05, 3.63) is 23.9 Å². The van der Waals surface area contributed by atoms with Gasteiger partial charge in [-0.1, -0.05) is 13.8 Å². The van der Waals surface area contributed by atoms with Gasteiger partial charge < -0.3 is 0 Å². The van der Waals surface area contributed by atoms with Crippen LogP contribution in [0.25, 0.3) is 5.52 Å². The van der Waals surface area contributed by atoms with E-state index in [1.807, 2.05) is 26.0 Å². The Morgan fingerprint density at radius 1 is 1.28 bits per heavy atom. The fourth-order valence-electron chi connectivity index (χ4n) is 4.38. The molecule has 0 bridgehead atoms. The molecule has 2 unspecified atom stereocenters. The molecule has 9 heteroatoms. The number of likely N-dealkylation sites (tertiary alicyclic amines) is 1. The third-order valence-electron chi connectivity index (χ3n) is 6.04. The summed E-state index contributed by atoms with van der Waals surface area (Å²) in [6, 6.07) is 6.03. The maximum absolute atomic E-state index is 13.0. The number of rotatable bonds is 4. The summed E-state index contributed by atoms with van der Waals surface area (Å²) in [5.74, 6) is 1.38. The van der Waals surface area contributed by atoms with E-state index in [1.165, 1.54) is 0 Å². The molecule has 2 saturated heterocycles. The number of aryl methyl sites for hydroxylation is 1. The first-order valence-corrected chi connectivity index (χ1v) is 11.9. The molecule has 29 heavy (non-hydrogen) atoms. The molecule has 0 radical (unpaired) electrons. The third-order valence-corrected chi connectivity index (χ3v) is 8.01. The zero-order chi connectivity index (χ0) is 20.8. The first-order valence-electron chi connectivity index (χ1n) is 10.2. The standard InChI is InChI=1S/C18H21F3N4OSe.C2H6/c1-11-16(27-18(19,20)21)14-3-2-4-15(25(14)23-11)22-17-5-6-24(8-12(17)7-17)13-9-26-10-13;1-2/h2-4,12-13,22H,5-10H2,1H3;1-2H3. The summed E-state index contributed by atoms with van der Waals surface area (Å²) >= 11 is -1.59. The number of aromatic nitrogens is 2. The van der Waals surface area contributed by atoms with Gasteiger partial charge in [-0.15, -0.1) is 0 Å². The van der Waals surface area contributed by atoms with Gasteiger partial charge >= 0.3 is 161 Å². The number of nitrogens with one attached hydrogen (secondary N) is 1. The second-order valence-corrected chi connectivity index (χ2v) is 10.0. The first-order chi connectivity index (χ1) is 13.8. The number of hydrogen-bond acceptors (Lipinski definition) is 4. The van der Waals surface area contributed by atoms with Gasteiger partial charge in [-0.2, -0.15) is 0 Å². The topological polar surface area (TPSA) is 41.8 Å². The molecule has 2 aromatic rings. The molecule has 1 aliphatic carbocycles. The molecule has 3 fully saturated rings. The minimum absolute atomic E-state index is 0.0601. The Kier molecular flexibility index (Phi) is 5.61. The summed E-state index contributed by atoms with van der Waals surface area (Å²) in [6.07, 6.45) is 2.15. The summed E-state index contributed by atoms with van der Waals surface area (Å²) in [5, 5.41) is 3.88. The van der Waals surface area contributed by atoms with Crippen molar-refractivity contribution in [2.24, 2.45) is 5.92 Å². The fraction of sp³-hybridized carbons (Fsp3) is 0.650. The second-order valence-electron chi connectivity index (χ2n) is 7.79. The molecule has 0 aromatic carbocycles. The van der Waals surface area contributed by atoms with Crippen molar-refractivity contribution in [3.63, 3.8) is 0 Å². The zero-order valence-corrected chi connectivity index (χ0v) is 18.6. The van der Waals surface area contributed by atoms with E-state index in [1.54, 1.807) is 17.5 Å². The van der Waals surface area contributed by atoms with Crippen molar-refractivity contribution < 1.29 is 17.9 Å². The maximum atomic E-state index is 13.0. The number of alkyl halides is 3. The Labute approximate surface area is 175 Å². The van der Waals surface area contributed by atoms with Gasteiger partial charge in [-0.05, 0) is 0 Å². The Morgan fingerprint density at radius 2 is 2.03 bits per heavy atom. The molecule has 5 nitrogen and oxygen atoms in total. The van der Waals surface area contributed by atoms with Crippen LogP contribution in [-0.2, 0) is 4.74 Å². The Morgan fingerprint density at radius 3 is 2.66 bits per heavy atom. The Bertz CT molecular complexity index is 882. The molecule has 2 aliphatic heterocycles. The van der Waals surface area contributed by atoms with Crippen LogP contribution in [0.1, 0.15) is 32.4 Å². The predicted molar refractivity (Wildman–Crippen MR) is 108 cm³/mol. The summed E-state index contributed by atoms with van der Waals surface area (Å²) in [4.78, 5) is 2.52. The summed E-state index contributed by atoms with van der Waals surface area (Å²) in [7, 11) is 0. The number of nitrogens with zero attached hydrogens (tertiary/aromatic N) is 3. The number of piperidine rings is 1. The van der Waals surface area contributed by atoms with Crippen molar-refractivity contribution in [1.29, 1.82) is 0 Å². The summed E-state index contributed by atoms with van der Waals surface area (Å²) in [6.45, 7) is 9.44.